The van der Waals surface area contributed by atoms with Gasteiger partial charge in [-0.1, -0.05) is 48.5 Å². The van der Waals surface area contributed by atoms with E-state index in [1.54, 1.807) is 26.4 Å². The number of nitrogens with one attached hydrogen (secondary N) is 1. The van der Waals surface area contributed by atoms with Crippen molar-refractivity contribution in [3.63, 3.8) is 0 Å². The van der Waals surface area contributed by atoms with Crippen LogP contribution in [0.15, 0.2) is 66.7 Å². The van der Waals surface area contributed by atoms with Crippen molar-refractivity contribution in [2.45, 2.75) is 20.0 Å². The first-order valence-electron chi connectivity index (χ1n) is 10.0. The third-order valence-corrected chi connectivity index (χ3v) is 5.42. The van der Waals surface area contributed by atoms with E-state index >= 15 is 0 Å². The number of nitrogens with zero attached hydrogens (tertiary/aromatic N) is 1. The number of rotatable bonds is 8. The molecule has 0 spiro atoms. The predicted molar refractivity (Wildman–Crippen MR) is 127 cm³/mol. The van der Waals surface area contributed by atoms with Crippen LogP contribution in [0.1, 0.15) is 27.0 Å². The minimum atomic E-state index is -1.20. The summed E-state index contributed by atoms with van der Waals surface area (Å²) >= 11 is 5.75. The van der Waals surface area contributed by atoms with Crippen molar-refractivity contribution in [3.8, 4) is 11.5 Å². The molecular formula is C25H25N2O4S-. The first kappa shape index (κ1) is 23.1. The van der Waals surface area contributed by atoms with Crippen LogP contribution in [0, 0.1) is 6.92 Å². The molecule has 0 saturated carbocycles. The van der Waals surface area contributed by atoms with Gasteiger partial charge in [0.15, 0.2) is 16.6 Å². The van der Waals surface area contributed by atoms with Crippen LogP contribution in [0.3, 0.4) is 0 Å². The molecule has 0 saturated heterocycles. The van der Waals surface area contributed by atoms with E-state index in [1.165, 1.54) is 12.1 Å². The fraction of sp³-hybridized carbons (Fsp3) is 0.200. The van der Waals surface area contributed by atoms with Gasteiger partial charge in [-0.2, -0.15) is 0 Å². The highest BCUT2D eigenvalue weighted by atomic mass is 32.1. The fourth-order valence-electron chi connectivity index (χ4n) is 3.27. The van der Waals surface area contributed by atoms with Crippen LogP contribution in [-0.2, 0) is 13.1 Å². The van der Waals surface area contributed by atoms with Gasteiger partial charge in [-0.05, 0) is 59.6 Å². The number of hydrogen-bond acceptors (Lipinski definition) is 5. The Morgan fingerprint density at radius 1 is 0.938 bits per heavy atom. The van der Waals surface area contributed by atoms with Crippen LogP contribution in [-0.4, -0.2) is 30.2 Å². The van der Waals surface area contributed by atoms with Crippen molar-refractivity contribution in [1.29, 1.82) is 0 Å². The van der Waals surface area contributed by atoms with E-state index in [1.807, 2.05) is 54.3 Å². The number of anilines is 1. The highest BCUT2D eigenvalue weighted by molar-refractivity contribution is 7.80. The Labute approximate surface area is 193 Å². The molecule has 0 heterocycles. The number of benzene rings is 3. The first-order chi connectivity index (χ1) is 15.4. The fourth-order valence-corrected chi connectivity index (χ4v) is 3.51. The molecule has 3 aromatic carbocycles. The Kier molecular flexibility index (Phi) is 7.68. The van der Waals surface area contributed by atoms with Gasteiger partial charge in [0.25, 0.3) is 0 Å². The number of carbonyl (C=O) groups is 1. The zero-order valence-corrected chi connectivity index (χ0v) is 19.1. The average molecular weight is 450 g/mol. The van der Waals surface area contributed by atoms with Gasteiger partial charge in [0.2, 0.25) is 0 Å². The Morgan fingerprint density at radius 3 is 2.19 bits per heavy atom. The van der Waals surface area contributed by atoms with E-state index in [2.05, 4.69) is 5.32 Å². The normalized spacial score (nSPS) is 10.3. The molecule has 0 bridgehead atoms. The van der Waals surface area contributed by atoms with Crippen molar-refractivity contribution in [2.75, 3.05) is 19.5 Å². The molecule has 0 amide bonds. The summed E-state index contributed by atoms with van der Waals surface area (Å²) in [6.45, 7) is 3.02. The van der Waals surface area contributed by atoms with Crippen LogP contribution in [0.4, 0.5) is 5.69 Å². The SMILES string of the molecule is COc1ccc(CN(Cc2ccc(C(=O)[O-])cc2)C(=S)Nc2ccccc2C)cc1OC. The molecule has 6 nitrogen and oxygen atoms in total. The number of hydrogen-bond donors (Lipinski definition) is 1. The van der Waals surface area contributed by atoms with E-state index < -0.39 is 5.97 Å². The van der Waals surface area contributed by atoms with Crippen LogP contribution in [0.5, 0.6) is 11.5 Å². The maximum absolute atomic E-state index is 11.1. The number of thiocarbonyl (C=S) groups is 1. The van der Waals surface area contributed by atoms with Crippen molar-refractivity contribution in [1.82, 2.24) is 4.90 Å². The largest absolute Gasteiger partial charge is 0.545 e. The second-order valence-corrected chi connectivity index (χ2v) is 7.66. The molecule has 1 N–H and O–H groups in total. The van der Waals surface area contributed by atoms with Gasteiger partial charge in [0.05, 0.1) is 20.2 Å². The molecule has 0 aliphatic rings. The molecule has 3 rings (SSSR count). The highest BCUT2D eigenvalue weighted by Gasteiger charge is 2.14. The number of carboxylic acids is 1. The molecule has 32 heavy (non-hydrogen) atoms. The minimum absolute atomic E-state index is 0.140. The van der Waals surface area contributed by atoms with Crippen LogP contribution < -0.4 is 19.9 Å². The van der Waals surface area contributed by atoms with Crippen LogP contribution in [0.25, 0.3) is 0 Å². The van der Waals surface area contributed by atoms with Gasteiger partial charge in [-0.15, -0.1) is 0 Å². The van der Waals surface area contributed by atoms with Crippen LogP contribution >= 0.6 is 12.2 Å². The summed E-state index contributed by atoms with van der Waals surface area (Å²) in [6.07, 6.45) is 0. The lowest BCUT2D eigenvalue weighted by molar-refractivity contribution is -0.255. The van der Waals surface area contributed by atoms with Gasteiger partial charge in [0.1, 0.15) is 0 Å². The average Bonchev–Trinajstić information content (AvgIpc) is 2.80. The van der Waals surface area contributed by atoms with Gasteiger partial charge >= 0.3 is 0 Å². The molecular weight excluding hydrogens is 424 g/mol. The molecule has 0 aliphatic heterocycles. The molecule has 0 aromatic heterocycles. The standard InChI is InChI=1S/C25H26N2O4S/c1-17-6-4-5-7-21(17)26-25(32)27(15-18-8-11-20(12-9-18)24(28)29)16-19-10-13-22(30-2)23(14-19)31-3/h4-14H,15-16H2,1-3H3,(H,26,32)(H,28,29)/p-1. The number of methoxy groups -OCH3 is 2. The number of para-hydroxylation sites is 1. The molecule has 0 atom stereocenters. The maximum atomic E-state index is 11.1. The third-order valence-electron chi connectivity index (χ3n) is 5.06. The number of aryl methyl sites for hydroxylation is 1. The van der Waals surface area contributed by atoms with Crippen molar-refractivity contribution in [3.05, 3.63) is 89.0 Å². The van der Waals surface area contributed by atoms with Crippen molar-refractivity contribution in [2.24, 2.45) is 0 Å². The van der Waals surface area contributed by atoms with E-state index in [4.69, 9.17) is 21.7 Å². The molecule has 3 aromatic rings. The van der Waals surface area contributed by atoms with Crippen molar-refractivity contribution >= 4 is 29.0 Å². The lowest BCUT2D eigenvalue weighted by Gasteiger charge is -2.27. The van der Waals surface area contributed by atoms with Gasteiger partial charge < -0.3 is 29.6 Å². The monoisotopic (exact) mass is 449 g/mol. The third kappa shape index (κ3) is 5.76. The zero-order chi connectivity index (χ0) is 23.1. The van der Waals surface area contributed by atoms with E-state index in [9.17, 15) is 9.90 Å². The summed E-state index contributed by atoms with van der Waals surface area (Å²) in [4.78, 5) is 13.1. The smallest absolute Gasteiger partial charge is 0.174 e. The number of aromatic carboxylic acids is 1. The summed E-state index contributed by atoms with van der Waals surface area (Å²) in [7, 11) is 3.20. The molecule has 0 fully saturated rings. The Hall–Kier alpha value is -3.58. The second-order valence-electron chi connectivity index (χ2n) is 7.27. The molecule has 0 unspecified atom stereocenters. The maximum Gasteiger partial charge on any atom is 0.174 e. The van der Waals surface area contributed by atoms with Crippen LogP contribution in [0.2, 0.25) is 0 Å². The van der Waals surface area contributed by atoms with E-state index in [0.29, 0.717) is 29.7 Å². The Balaban J connectivity index is 1.86. The topological polar surface area (TPSA) is 73.9 Å². The number of carboxylic acid groups (broad SMARTS) is 1. The lowest BCUT2D eigenvalue weighted by Crippen LogP contribution is -2.34. The molecule has 166 valence electrons. The number of carbonyl (C=O) groups excluding carboxylic acids is 1. The zero-order valence-electron chi connectivity index (χ0n) is 18.3. The number of ether oxygens (including phenoxy) is 2. The van der Waals surface area contributed by atoms with Crippen molar-refractivity contribution < 1.29 is 19.4 Å². The van der Waals surface area contributed by atoms with E-state index in [0.717, 1.165) is 22.4 Å². The van der Waals surface area contributed by atoms with Gasteiger partial charge in [0, 0.05) is 18.8 Å². The first-order valence-corrected chi connectivity index (χ1v) is 10.4. The summed E-state index contributed by atoms with van der Waals surface area (Å²) in [6, 6.07) is 20.3. The quantitative estimate of drug-likeness (QED) is 0.525. The lowest BCUT2D eigenvalue weighted by atomic mass is 10.1. The minimum Gasteiger partial charge on any atom is -0.545 e. The molecule has 0 aliphatic carbocycles. The van der Waals surface area contributed by atoms with Gasteiger partial charge in [-0.25, -0.2) is 0 Å². The highest BCUT2D eigenvalue weighted by Crippen LogP contribution is 2.28. The molecule has 7 heteroatoms. The van der Waals surface area contributed by atoms with E-state index in [-0.39, 0.29) is 5.56 Å². The Bertz CT molecular complexity index is 1100. The summed E-state index contributed by atoms with van der Waals surface area (Å²) < 4.78 is 10.8. The second kappa shape index (κ2) is 10.6. The molecule has 0 radical (unpaired) electrons. The van der Waals surface area contributed by atoms with Gasteiger partial charge in [-0.3, -0.25) is 0 Å². The summed E-state index contributed by atoms with van der Waals surface area (Å²) in [5.41, 5.74) is 4.06. The Morgan fingerprint density at radius 2 is 1.56 bits per heavy atom. The predicted octanol–water partition coefficient (Wildman–Crippen LogP) is 3.77. The summed E-state index contributed by atoms with van der Waals surface area (Å²) in [5.74, 6) is 0.0952. The summed E-state index contributed by atoms with van der Waals surface area (Å²) in [5, 5.41) is 14.9.